The molecular formula is C8H19NO2. The van der Waals surface area contributed by atoms with Crippen LogP contribution in [0, 0.1) is 5.41 Å². The molecule has 0 aromatic rings. The summed E-state index contributed by atoms with van der Waals surface area (Å²) in [5.41, 5.74) is -0.217. The molecule has 0 bridgehead atoms. The minimum Gasteiger partial charge on any atom is -0.381 e. The van der Waals surface area contributed by atoms with Crippen molar-refractivity contribution in [1.82, 2.24) is 5.32 Å². The lowest BCUT2D eigenvalue weighted by atomic mass is 9.92. The topological polar surface area (TPSA) is 41.5 Å². The molecule has 11 heavy (non-hydrogen) atoms. The van der Waals surface area contributed by atoms with Crippen molar-refractivity contribution >= 4 is 0 Å². The van der Waals surface area contributed by atoms with E-state index < -0.39 is 6.23 Å². The second-order valence-electron chi connectivity index (χ2n) is 3.32. The average molecular weight is 161 g/mol. The van der Waals surface area contributed by atoms with Crippen molar-refractivity contribution in [2.75, 3.05) is 20.3 Å². The maximum Gasteiger partial charge on any atom is 0.112 e. The van der Waals surface area contributed by atoms with Crippen LogP contribution >= 0.6 is 0 Å². The molecule has 0 fully saturated rings. The van der Waals surface area contributed by atoms with E-state index in [0.717, 1.165) is 0 Å². The van der Waals surface area contributed by atoms with Crippen LogP contribution in [-0.4, -0.2) is 31.6 Å². The van der Waals surface area contributed by atoms with Gasteiger partial charge in [-0.15, -0.1) is 0 Å². The van der Waals surface area contributed by atoms with E-state index in [2.05, 4.69) is 5.32 Å². The summed E-state index contributed by atoms with van der Waals surface area (Å²) in [5.74, 6) is 0. The van der Waals surface area contributed by atoms with Gasteiger partial charge in [0.15, 0.2) is 0 Å². The summed E-state index contributed by atoms with van der Waals surface area (Å²) in [6, 6.07) is 0. The summed E-state index contributed by atoms with van der Waals surface area (Å²) >= 11 is 0. The van der Waals surface area contributed by atoms with E-state index in [-0.39, 0.29) is 5.41 Å². The van der Waals surface area contributed by atoms with Crippen LogP contribution in [0.25, 0.3) is 0 Å². The minimum atomic E-state index is -0.506. The SMILES string of the molecule is CCOCC(C)(C)C(O)NC. The summed E-state index contributed by atoms with van der Waals surface area (Å²) in [6.07, 6.45) is -0.506. The molecule has 0 heterocycles. The van der Waals surface area contributed by atoms with Gasteiger partial charge in [-0.25, -0.2) is 0 Å². The molecule has 0 aliphatic heterocycles. The molecule has 0 aromatic carbocycles. The summed E-state index contributed by atoms with van der Waals surface area (Å²) in [4.78, 5) is 0. The Morgan fingerprint density at radius 2 is 2.09 bits per heavy atom. The quantitative estimate of drug-likeness (QED) is 0.580. The highest BCUT2D eigenvalue weighted by Crippen LogP contribution is 2.18. The lowest BCUT2D eigenvalue weighted by Crippen LogP contribution is -2.42. The number of hydrogen-bond donors (Lipinski definition) is 2. The maximum absolute atomic E-state index is 9.42. The van der Waals surface area contributed by atoms with E-state index in [1.165, 1.54) is 0 Å². The van der Waals surface area contributed by atoms with Gasteiger partial charge in [0.1, 0.15) is 6.23 Å². The first kappa shape index (κ1) is 10.9. The minimum absolute atomic E-state index is 0.217. The Morgan fingerprint density at radius 1 is 1.55 bits per heavy atom. The zero-order chi connectivity index (χ0) is 8.91. The molecule has 1 unspecified atom stereocenters. The Labute approximate surface area is 68.8 Å². The molecule has 3 heteroatoms. The summed E-state index contributed by atoms with van der Waals surface area (Å²) in [6.45, 7) is 7.14. The van der Waals surface area contributed by atoms with Gasteiger partial charge in [0.25, 0.3) is 0 Å². The van der Waals surface area contributed by atoms with Crippen LogP contribution in [0.2, 0.25) is 0 Å². The highest BCUT2D eigenvalue weighted by atomic mass is 16.5. The average Bonchev–Trinajstić information content (AvgIpc) is 1.99. The number of ether oxygens (including phenoxy) is 1. The Balaban J connectivity index is 3.77. The molecule has 0 aromatic heterocycles. The number of aliphatic hydroxyl groups is 1. The Kier molecular flexibility index (Phi) is 4.65. The third-order valence-corrected chi connectivity index (χ3v) is 1.69. The smallest absolute Gasteiger partial charge is 0.112 e. The second-order valence-corrected chi connectivity index (χ2v) is 3.32. The normalized spacial score (nSPS) is 15.0. The molecule has 3 nitrogen and oxygen atoms in total. The van der Waals surface area contributed by atoms with Gasteiger partial charge in [-0.05, 0) is 14.0 Å². The standard InChI is InChI=1S/C8H19NO2/c1-5-11-6-8(2,3)7(10)9-4/h7,9-10H,5-6H2,1-4H3. The molecule has 0 saturated heterocycles. The molecule has 0 rings (SSSR count). The molecule has 2 N–H and O–H groups in total. The van der Waals surface area contributed by atoms with Crippen molar-refractivity contribution in [3.05, 3.63) is 0 Å². The van der Waals surface area contributed by atoms with E-state index in [1.54, 1.807) is 7.05 Å². The van der Waals surface area contributed by atoms with Gasteiger partial charge in [-0.2, -0.15) is 0 Å². The molecule has 68 valence electrons. The summed E-state index contributed by atoms with van der Waals surface area (Å²) < 4.78 is 5.22. The van der Waals surface area contributed by atoms with Crippen LogP contribution in [0.15, 0.2) is 0 Å². The van der Waals surface area contributed by atoms with E-state index in [1.807, 2.05) is 20.8 Å². The molecule has 0 saturated carbocycles. The molecule has 0 aliphatic rings. The molecule has 0 radical (unpaired) electrons. The highest BCUT2D eigenvalue weighted by molar-refractivity contribution is 4.74. The predicted octanol–water partition coefficient (Wildman–Crippen LogP) is 0.587. The molecule has 0 spiro atoms. The third kappa shape index (κ3) is 3.70. The van der Waals surface area contributed by atoms with Crippen LogP contribution in [0.1, 0.15) is 20.8 Å². The monoisotopic (exact) mass is 161 g/mol. The lowest BCUT2D eigenvalue weighted by Gasteiger charge is -2.29. The van der Waals surface area contributed by atoms with Gasteiger partial charge in [0.05, 0.1) is 6.61 Å². The third-order valence-electron chi connectivity index (χ3n) is 1.69. The van der Waals surface area contributed by atoms with E-state index in [4.69, 9.17) is 4.74 Å². The van der Waals surface area contributed by atoms with Gasteiger partial charge in [-0.3, -0.25) is 5.32 Å². The van der Waals surface area contributed by atoms with Gasteiger partial charge in [0.2, 0.25) is 0 Å². The highest BCUT2D eigenvalue weighted by Gasteiger charge is 2.26. The summed E-state index contributed by atoms with van der Waals surface area (Å²) in [7, 11) is 1.73. The molecular weight excluding hydrogens is 142 g/mol. The largest absolute Gasteiger partial charge is 0.381 e. The Morgan fingerprint density at radius 3 is 2.45 bits per heavy atom. The van der Waals surface area contributed by atoms with Crippen molar-refractivity contribution in [2.45, 2.75) is 27.0 Å². The maximum atomic E-state index is 9.42. The van der Waals surface area contributed by atoms with Crippen LogP contribution in [0.5, 0.6) is 0 Å². The fourth-order valence-electron chi connectivity index (χ4n) is 0.835. The van der Waals surface area contributed by atoms with Crippen molar-refractivity contribution < 1.29 is 9.84 Å². The van der Waals surface area contributed by atoms with E-state index >= 15 is 0 Å². The first-order valence-electron chi connectivity index (χ1n) is 3.97. The second kappa shape index (κ2) is 4.70. The van der Waals surface area contributed by atoms with Crippen LogP contribution in [0.4, 0.5) is 0 Å². The Hall–Kier alpha value is -0.120. The first-order valence-corrected chi connectivity index (χ1v) is 3.97. The van der Waals surface area contributed by atoms with Gasteiger partial charge in [-0.1, -0.05) is 13.8 Å². The number of nitrogens with one attached hydrogen (secondary N) is 1. The van der Waals surface area contributed by atoms with Crippen molar-refractivity contribution in [1.29, 1.82) is 0 Å². The lowest BCUT2D eigenvalue weighted by molar-refractivity contribution is -0.0332. The Bertz CT molecular complexity index is 104. The van der Waals surface area contributed by atoms with Crippen LogP contribution < -0.4 is 5.32 Å². The van der Waals surface area contributed by atoms with Crippen molar-refractivity contribution in [3.8, 4) is 0 Å². The fourth-order valence-corrected chi connectivity index (χ4v) is 0.835. The zero-order valence-corrected chi connectivity index (χ0v) is 7.85. The van der Waals surface area contributed by atoms with Crippen molar-refractivity contribution in [3.63, 3.8) is 0 Å². The summed E-state index contributed by atoms with van der Waals surface area (Å²) in [5, 5.41) is 12.2. The number of aliphatic hydroxyl groups excluding tert-OH is 1. The zero-order valence-electron chi connectivity index (χ0n) is 7.85. The van der Waals surface area contributed by atoms with Gasteiger partial charge >= 0.3 is 0 Å². The van der Waals surface area contributed by atoms with Crippen LogP contribution in [-0.2, 0) is 4.74 Å². The predicted molar refractivity (Wildman–Crippen MR) is 45.3 cm³/mol. The fraction of sp³-hybridized carbons (Fsp3) is 1.00. The molecule has 1 atom stereocenters. The number of rotatable bonds is 5. The van der Waals surface area contributed by atoms with Gasteiger partial charge < -0.3 is 9.84 Å². The van der Waals surface area contributed by atoms with E-state index in [9.17, 15) is 5.11 Å². The number of hydrogen-bond acceptors (Lipinski definition) is 3. The molecule has 0 aliphatic carbocycles. The van der Waals surface area contributed by atoms with Crippen LogP contribution in [0.3, 0.4) is 0 Å². The molecule has 0 amide bonds. The van der Waals surface area contributed by atoms with E-state index in [0.29, 0.717) is 13.2 Å². The van der Waals surface area contributed by atoms with Gasteiger partial charge in [0, 0.05) is 12.0 Å². The first-order chi connectivity index (χ1) is 5.04. The van der Waals surface area contributed by atoms with Crippen molar-refractivity contribution in [2.24, 2.45) is 5.41 Å².